The molecule has 3 N–H and O–H groups in total. The predicted octanol–water partition coefficient (Wildman–Crippen LogP) is 4.82. The van der Waals surface area contributed by atoms with Gasteiger partial charge in [-0.1, -0.05) is 48.5 Å². The van der Waals surface area contributed by atoms with E-state index < -0.39 is 71.8 Å². The number of carbonyl (C=O) groups is 3. The molecule has 2 aliphatic rings. The monoisotopic (exact) mass is 680 g/mol. The SMILES string of the molecule is C[C@@H](OC[C@@]1(c2ccccc2)CCC2(CN1OC(=O)c1ccccc1)C(=O)[NH2+]C(=O)N2CCO)c1cc(C(F)(F)F)cc(C(F)(F)F)c1. The summed E-state index contributed by atoms with van der Waals surface area (Å²) in [5.74, 6) is -1.40. The fourth-order valence-corrected chi connectivity index (χ4v) is 6.20. The van der Waals surface area contributed by atoms with Crippen molar-refractivity contribution in [3.63, 3.8) is 0 Å². The number of rotatable bonds is 9. The molecule has 2 fully saturated rings. The summed E-state index contributed by atoms with van der Waals surface area (Å²) in [6.07, 6.45) is -11.5. The molecule has 15 heteroatoms. The molecule has 1 spiro atoms. The lowest BCUT2D eigenvalue weighted by atomic mass is 9.75. The van der Waals surface area contributed by atoms with Crippen LogP contribution in [-0.4, -0.2) is 64.8 Å². The molecule has 5 rings (SSSR count). The van der Waals surface area contributed by atoms with Gasteiger partial charge in [-0.25, -0.2) is 14.4 Å². The Labute approximate surface area is 271 Å². The largest absolute Gasteiger partial charge is 0.424 e. The highest BCUT2D eigenvalue weighted by Crippen LogP contribution is 2.45. The fraction of sp³-hybridized carbons (Fsp3) is 0.364. The summed E-state index contributed by atoms with van der Waals surface area (Å²) in [6.45, 7) is -0.138. The minimum atomic E-state index is -5.07. The molecule has 1 unspecified atom stereocenters. The summed E-state index contributed by atoms with van der Waals surface area (Å²) < 4.78 is 87.8. The van der Waals surface area contributed by atoms with Gasteiger partial charge in [0.15, 0.2) is 5.54 Å². The molecule has 3 aromatic carbocycles. The zero-order valence-electron chi connectivity index (χ0n) is 25.6. The minimum Gasteiger partial charge on any atom is -0.395 e. The average molecular weight is 681 g/mol. The zero-order valence-corrected chi connectivity index (χ0v) is 25.6. The van der Waals surface area contributed by atoms with Crippen LogP contribution in [-0.2, 0) is 32.3 Å². The lowest BCUT2D eigenvalue weighted by Crippen LogP contribution is -2.90. The molecule has 2 saturated heterocycles. The molecular weight excluding hydrogens is 648 g/mol. The number of amides is 3. The van der Waals surface area contributed by atoms with Crippen molar-refractivity contribution >= 4 is 17.9 Å². The Morgan fingerprint density at radius 1 is 0.917 bits per heavy atom. The lowest BCUT2D eigenvalue weighted by Gasteiger charge is -2.51. The number of nitrogens with two attached hydrogens (primary N) is 1. The third-order valence-corrected chi connectivity index (χ3v) is 8.82. The Morgan fingerprint density at radius 2 is 1.50 bits per heavy atom. The number of carbonyl (C=O) groups excluding carboxylic acids is 3. The highest BCUT2D eigenvalue weighted by molar-refractivity contribution is 5.94. The fourth-order valence-electron chi connectivity index (χ4n) is 6.20. The molecule has 0 saturated carbocycles. The number of imide groups is 1. The van der Waals surface area contributed by atoms with Crippen LogP contribution >= 0.6 is 0 Å². The van der Waals surface area contributed by atoms with Gasteiger partial charge in [-0.2, -0.15) is 31.7 Å². The van der Waals surface area contributed by atoms with Crippen LogP contribution in [0.4, 0.5) is 31.1 Å². The van der Waals surface area contributed by atoms with Gasteiger partial charge in [0.1, 0.15) is 5.54 Å². The first-order valence-corrected chi connectivity index (χ1v) is 14.9. The summed E-state index contributed by atoms with van der Waals surface area (Å²) in [5, 5.41) is 11.8. The van der Waals surface area contributed by atoms with Crippen molar-refractivity contribution in [2.75, 3.05) is 26.3 Å². The Kier molecular flexibility index (Phi) is 9.70. The quantitative estimate of drug-likeness (QED) is 0.246. The lowest BCUT2D eigenvalue weighted by molar-refractivity contribution is -0.463. The Hall–Kier alpha value is -4.31. The van der Waals surface area contributed by atoms with Gasteiger partial charge in [0.25, 0.3) is 0 Å². The number of halogens is 6. The van der Waals surface area contributed by atoms with Crippen LogP contribution < -0.4 is 5.32 Å². The van der Waals surface area contributed by atoms with Crippen LogP contribution in [0.25, 0.3) is 0 Å². The molecule has 256 valence electrons. The predicted molar refractivity (Wildman–Crippen MR) is 156 cm³/mol. The standard InChI is InChI=1S/C33H31F6N3O6/c1-21(23-16-25(32(34,35)36)18-26(17-23)33(37,38)39)47-20-31(24-10-6-3-7-11-24)13-12-30(28(45)40-29(46)41(30)14-15-43)19-42(31)48-27(44)22-8-4-2-5-9-22/h2-11,16-18,21,43H,12-15,19-20H2,1H3,(H,40,45,46)/p+1/t21-,30?,31-/m1/s1. The van der Waals surface area contributed by atoms with Gasteiger partial charge in [0.05, 0.1) is 49.1 Å². The molecule has 9 nitrogen and oxygen atoms in total. The van der Waals surface area contributed by atoms with E-state index in [0.717, 1.165) is 5.32 Å². The van der Waals surface area contributed by atoms with Gasteiger partial charge in [-0.3, -0.25) is 4.90 Å². The number of nitrogens with zero attached hydrogens (tertiary/aromatic N) is 2. The van der Waals surface area contributed by atoms with Crippen LogP contribution in [0.15, 0.2) is 78.9 Å². The molecule has 2 aliphatic heterocycles. The van der Waals surface area contributed by atoms with Gasteiger partial charge < -0.3 is 14.7 Å². The summed E-state index contributed by atoms with van der Waals surface area (Å²) in [6, 6.07) is 16.9. The maximum absolute atomic E-state index is 13.6. The smallest absolute Gasteiger partial charge is 0.395 e. The first kappa shape index (κ1) is 35.0. The van der Waals surface area contributed by atoms with Gasteiger partial charge in [-0.05, 0) is 61.2 Å². The maximum Gasteiger partial charge on any atom is 0.424 e. The number of benzene rings is 3. The second-order valence-electron chi connectivity index (χ2n) is 11.7. The summed E-state index contributed by atoms with van der Waals surface area (Å²) >= 11 is 0. The van der Waals surface area contributed by atoms with Crippen LogP contribution in [0.2, 0.25) is 0 Å². The third-order valence-electron chi connectivity index (χ3n) is 8.82. The summed E-state index contributed by atoms with van der Waals surface area (Å²) in [5.41, 5.74) is -5.71. The number of quaternary nitrogens is 1. The first-order valence-electron chi connectivity index (χ1n) is 14.9. The highest BCUT2D eigenvalue weighted by atomic mass is 19.4. The second kappa shape index (κ2) is 13.3. The minimum absolute atomic E-state index is 0.00186. The number of hydrogen-bond acceptors (Lipinski definition) is 7. The molecule has 0 aromatic heterocycles. The number of aliphatic hydroxyl groups is 1. The molecule has 3 amide bonds. The molecule has 0 radical (unpaired) electrons. The maximum atomic E-state index is 13.6. The van der Waals surface area contributed by atoms with Crippen molar-refractivity contribution in [1.82, 2.24) is 9.96 Å². The number of aliphatic hydroxyl groups excluding tert-OH is 1. The van der Waals surface area contributed by atoms with Crippen molar-refractivity contribution in [2.24, 2.45) is 0 Å². The van der Waals surface area contributed by atoms with Crippen LogP contribution in [0.1, 0.15) is 58.5 Å². The number of hydroxylamine groups is 2. The Balaban J connectivity index is 1.57. The number of urea groups is 1. The Bertz CT molecular complexity index is 1620. The van der Waals surface area contributed by atoms with Crippen molar-refractivity contribution in [1.29, 1.82) is 0 Å². The van der Waals surface area contributed by atoms with Crippen molar-refractivity contribution in [2.45, 2.75) is 49.3 Å². The Morgan fingerprint density at radius 3 is 2.06 bits per heavy atom. The molecule has 0 aliphatic carbocycles. The van der Waals surface area contributed by atoms with E-state index in [1.54, 1.807) is 48.5 Å². The van der Waals surface area contributed by atoms with E-state index in [1.165, 1.54) is 29.0 Å². The van der Waals surface area contributed by atoms with E-state index in [0.29, 0.717) is 17.7 Å². The van der Waals surface area contributed by atoms with Gasteiger partial charge in [0, 0.05) is 0 Å². The number of alkyl halides is 6. The molecule has 48 heavy (non-hydrogen) atoms. The normalized spacial score (nSPS) is 22.7. The number of primary amides is 2. The van der Waals surface area contributed by atoms with Crippen molar-refractivity contribution < 1.29 is 60.7 Å². The van der Waals surface area contributed by atoms with Gasteiger partial charge >= 0.3 is 30.3 Å². The number of hydrogen-bond donors (Lipinski definition) is 2. The van der Waals surface area contributed by atoms with Gasteiger partial charge in [0.2, 0.25) is 0 Å². The van der Waals surface area contributed by atoms with E-state index in [1.807, 2.05) is 0 Å². The molecular formula is C33H32F6N3O6+. The topological polar surface area (TPSA) is 113 Å². The number of piperidine rings is 1. The van der Waals surface area contributed by atoms with E-state index in [2.05, 4.69) is 0 Å². The summed E-state index contributed by atoms with van der Waals surface area (Å²) in [4.78, 5) is 46.9. The highest BCUT2D eigenvalue weighted by Gasteiger charge is 2.64. The first-order chi connectivity index (χ1) is 22.6. The van der Waals surface area contributed by atoms with E-state index in [9.17, 15) is 45.8 Å². The van der Waals surface area contributed by atoms with E-state index in [4.69, 9.17) is 9.57 Å². The third kappa shape index (κ3) is 6.81. The molecule has 3 atom stereocenters. The van der Waals surface area contributed by atoms with E-state index >= 15 is 0 Å². The van der Waals surface area contributed by atoms with Crippen molar-refractivity contribution in [3.05, 3.63) is 107 Å². The molecule has 3 aromatic rings. The molecule has 0 bridgehead atoms. The number of β-amino-alcohol motifs (C(OH)–C–C–N with tert-alkyl or cyclic N) is 1. The summed E-state index contributed by atoms with van der Waals surface area (Å²) in [7, 11) is 0. The zero-order chi connectivity index (χ0) is 34.9. The van der Waals surface area contributed by atoms with Crippen LogP contribution in [0.3, 0.4) is 0 Å². The molecule has 2 heterocycles. The number of ether oxygens (including phenoxy) is 1. The van der Waals surface area contributed by atoms with Crippen LogP contribution in [0, 0.1) is 0 Å². The second-order valence-corrected chi connectivity index (χ2v) is 11.7. The van der Waals surface area contributed by atoms with Crippen LogP contribution in [0.5, 0.6) is 0 Å². The van der Waals surface area contributed by atoms with Gasteiger partial charge in [-0.15, -0.1) is 5.06 Å². The van der Waals surface area contributed by atoms with Crippen molar-refractivity contribution in [3.8, 4) is 0 Å². The van der Waals surface area contributed by atoms with E-state index in [-0.39, 0.29) is 43.1 Å². The average Bonchev–Trinajstić information content (AvgIpc) is 3.28.